The first-order chi connectivity index (χ1) is 14.1. The zero-order valence-corrected chi connectivity index (χ0v) is 16.7. The van der Waals surface area contributed by atoms with Crippen LogP contribution in [0.2, 0.25) is 0 Å². The van der Waals surface area contributed by atoms with Crippen molar-refractivity contribution < 1.29 is 14.5 Å². The Balaban J connectivity index is 1.42. The van der Waals surface area contributed by atoms with E-state index in [0.29, 0.717) is 44.8 Å². The molecular weight excluding hydrogens is 374 g/mol. The summed E-state index contributed by atoms with van der Waals surface area (Å²) in [6, 6.07) is 6.48. The molecule has 158 valence electrons. The second-order valence-electron chi connectivity index (χ2n) is 7.50. The van der Waals surface area contributed by atoms with Gasteiger partial charge in [-0.15, -0.1) is 0 Å². The highest BCUT2D eigenvalue weighted by Gasteiger charge is 2.25. The molecule has 9 nitrogen and oxygen atoms in total. The first-order valence-corrected chi connectivity index (χ1v) is 10.3. The average Bonchev–Trinajstić information content (AvgIpc) is 3.03. The van der Waals surface area contributed by atoms with Crippen molar-refractivity contribution in [1.29, 1.82) is 0 Å². The maximum atomic E-state index is 12.4. The van der Waals surface area contributed by atoms with Gasteiger partial charge in [-0.3, -0.25) is 14.9 Å². The molecule has 0 aromatic heterocycles. The molecule has 0 unspecified atom stereocenters. The van der Waals surface area contributed by atoms with Gasteiger partial charge in [-0.2, -0.15) is 0 Å². The second kappa shape index (κ2) is 10.1. The molecular formula is C20H29N5O4. The summed E-state index contributed by atoms with van der Waals surface area (Å²) in [5.41, 5.74) is 0.665. The van der Waals surface area contributed by atoms with E-state index in [1.165, 1.54) is 18.9 Å². The van der Waals surface area contributed by atoms with Crippen LogP contribution in [0.4, 0.5) is 16.2 Å². The Kier molecular flexibility index (Phi) is 7.26. The number of urea groups is 1. The molecule has 3 rings (SSSR count). The summed E-state index contributed by atoms with van der Waals surface area (Å²) >= 11 is 0. The van der Waals surface area contributed by atoms with Gasteiger partial charge in [-0.1, -0.05) is 25.0 Å². The maximum Gasteiger partial charge on any atom is 0.317 e. The fourth-order valence-corrected chi connectivity index (χ4v) is 3.90. The van der Waals surface area contributed by atoms with Crippen molar-refractivity contribution in [1.82, 2.24) is 15.1 Å². The molecule has 3 amide bonds. The topological polar surface area (TPSA) is 99.0 Å². The van der Waals surface area contributed by atoms with E-state index < -0.39 is 0 Å². The first kappa shape index (κ1) is 20.9. The third-order valence-electron chi connectivity index (χ3n) is 5.56. The summed E-state index contributed by atoms with van der Waals surface area (Å²) in [5, 5.41) is 14.1. The number of hydrogen-bond acceptors (Lipinski definition) is 5. The lowest BCUT2D eigenvalue weighted by Gasteiger charge is -2.35. The van der Waals surface area contributed by atoms with E-state index in [2.05, 4.69) is 5.32 Å². The minimum atomic E-state index is -0.379. The molecule has 2 aliphatic rings. The summed E-state index contributed by atoms with van der Waals surface area (Å²) < 4.78 is 0. The SMILES string of the molecule is O=C(CCNC(=O)N1CCN(c2ccccc2[N+](=O)[O-])CC1)N1CCCCCC1. The van der Waals surface area contributed by atoms with E-state index in [4.69, 9.17) is 0 Å². The zero-order chi connectivity index (χ0) is 20.6. The lowest BCUT2D eigenvalue weighted by atomic mass is 10.2. The minimum absolute atomic E-state index is 0.0810. The summed E-state index contributed by atoms with van der Waals surface area (Å²) in [4.78, 5) is 41.1. The molecule has 2 saturated heterocycles. The second-order valence-corrected chi connectivity index (χ2v) is 7.50. The first-order valence-electron chi connectivity index (χ1n) is 10.3. The smallest absolute Gasteiger partial charge is 0.317 e. The number of nitrogens with one attached hydrogen (secondary N) is 1. The summed E-state index contributed by atoms with van der Waals surface area (Å²) in [7, 11) is 0. The highest BCUT2D eigenvalue weighted by atomic mass is 16.6. The van der Waals surface area contributed by atoms with Gasteiger partial charge in [0, 0.05) is 58.3 Å². The van der Waals surface area contributed by atoms with Crippen LogP contribution < -0.4 is 10.2 Å². The molecule has 1 aromatic carbocycles. The minimum Gasteiger partial charge on any atom is -0.362 e. The normalized spacial score (nSPS) is 17.6. The number of nitro benzene ring substituents is 1. The van der Waals surface area contributed by atoms with Gasteiger partial charge in [-0.05, 0) is 18.9 Å². The average molecular weight is 403 g/mol. The van der Waals surface area contributed by atoms with E-state index in [1.807, 2.05) is 9.80 Å². The van der Waals surface area contributed by atoms with Gasteiger partial charge in [0.25, 0.3) is 5.69 Å². The molecule has 2 aliphatic heterocycles. The Morgan fingerprint density at radius 3 is 2.24 bits per heavy atom. The van der Waals surface area contributed by atoms with Crippen molar-refractivity contribution in [3.63, 3.8) is 0 Å². The Morgan fingerprint density at radius 1 is 0.931 bits per heavy atom. The van der Waals surface area contributed by atoms with E-state index >= 15 is 0 Å². The maximum absolute atomic E-state index is 12.4. The predicted molar refractivity (Wildman–Crippen MR) is 110 cm³/mol. The fraction of sp³-hybridized carbons (Fsp3) is 0.600. The van der Waals surface area contributed by atoms with E-state index in [1.54, 1.807) is 23.1 Å². The number of anilines is 1. The molecule has 9 heteroatoms. The summed E-state index contributed by atoms with van der Waals surface area (Å²) in [6.07, 6.45) is 4.79. The monoisotopic (exact) mass is 403 g/mol. The number of piperazine rings is 1. The number of carbonyl (C=O) groups is 2. The Labute approximate surface area is 170 Å². The van der Waals surface area contributed by atoms with Gasteiger partial charge < -0.3 is 20.0 Å². The van der Waals surface area contributed by atoms with Gasteiger partial charge in [0.2, 0.25) is 5.91 Å². The van der Waals surface area contributed by atoms with Crippen LogP contribution in [0.5, 0.6) is 0 Å². The fourth-order valence-electron chi connectivity index (χ4n) is 3.90. The highest BCUT2D eigenvalue weighted by Crippen LogP contribution is 2.28. The van der Waals surface area contributed by atoms with Crippen molar-refractivity contribution in [2.75, 3.05) is 50.7 Å². The molecule has 0 spiro atoms. The van der Waals surface area contributed by atoms with E-state index in [9.17, 15) is 19.7 Å². The van der Waals surface area contributed by atoms with Gasteiger partial charge in [-0.25, -0.2) is 4.79 Å². The van der Waals surface area contributed by atoms with Crippen LogP contribution in [0.15, 0.2) is 24.3 Å². The lowest BCUT2D eigenvalue weighted by molar-refractivity contribution is -0.384. The molecule has 1 aromatic rings. The van der Waals surface area contributed by atoms with Crippen LogP contribution in [0, 0.1) is 10.1 Å². The van der Waals surface area contributed by atoms with Crippen LogP contribution in [0.25, 0.3) is 0 Å². The van der Waals surface area contributed by atoms with Gasteiger partial charge >= 0.3 is 6.03 Å². The molecule has 0 atom stereocenters. The molecule has 0 aliphatic carbocycles. The van der Waals surface area contributed by atoms with Crippen LogP contribution in [0.1, 0.15) is 32.1 Å². The molecule has 0 bridgehead atoms. The molecule has 2 heterocycles. The van der Waals surface area contributed by atoms with Crippen molar-refractivity contribution in [3.05, 3.63) is 34.4 Å². The number of carbonyl (C=O) groups excluding carboxylic acids is 2. The van der Waals surface area contributed by atoms with Crippen LogP contribution in [0.3, 0.4) is 0 Å². The number of amides is 3. The Bertz CT molecular complexity index is 725. The number of benzene rings is 1. The third kappa shape index (κ3) is 5.58. The van der Waals surface area contributed by atoms with Crippen molar-refractivity contribution in [2.45, 2.75) is 32.1 Å². The van der Waals surface area contributed by atoms with Crippen LogP contribution >= 0.6 is 0 Å². The predicted octanol–water partition coefficient (Wildman–Crippen LogP) is 2.22. The number of likely N-dealkylation sites (tertiary alicyclic amines) is 1. The van der Waals surface area contributed by atoms with Gasteiger partial charge in [0.1, 0.15) is 5.69 Å². The molecule has 0 saturated carbocycles. The quantitative estimate of drug-likeness (QED) is 0.600. The third-order valence-corrected chi connectivity index (χ3v) is 5.56. The largest absolute Gasteiger partial charge is 0.362 e. The zero-order valence-electron chi connectivity index (χ0n) is 16.7. The number of nitrogens with zero attached hydrogens (tertiary/aromatic N) is 4. The Morgan fingerprint density at radius 2 is 1.59 bits per heavy atom. The summed E-state index contributed by atoms with van der Waals surface area (Å²) in [5.74, 6) is 0.105. The highest BCUT2D eigenvalue weighted by molar-refractivity contribution is 5.78. The number of hydrogen-bond donors (Lipinski definition) is 1. The Hall–Kier alpha value is -2.84. The number of nitro groups is 1. The molecule has 0 radical (unpaired) electrons. The van der Waals surface area contributed by atoms with Crippen LogP contribution in [-0.4, -0.2) is 72.5 Å². The van der Waals surface area contributed by atoms with E-state index in [-0.39, 0.29) is 22.5 Å². The van der Waals surface area contributed by atoms with E-state index in [0.717, 1.165) is 25.9 Å². The molecule has 2 fully saturated rings. The van der Waals surface area contributed by atoms with Gasteiger partial charge in [0.05, 0.1) is 4.92 Å². The standard InChI is InChI=1S/C20H29N5O4/c26-19(23-11-5-1-2-6-12-23)9-10-21-20(27)24-15-13-22(14-16-24)17-7-3-4-8-18(17)25(28)29/h3-4,7-8H,1-2,5-6,9-16H2,(H,21,27). The molecule has 29 heavy (non-hydrogen) atoms. The number of rotatable bonds is 5. The van der Waals surface area contributed by atoms with Gasteiger partial charge in [0.15, 0.2) is 0 Å². The van der Waals surface area contributed by atoms with Crippen molar-refractivity contribution in [3.8, 4) is 0 Å². The lowest BCUT2D eigenvalue weighted by Crippen LogP contribution is -2.52. The summed E-state index contributed by atoms with van der Waals surface area (Å²) in [6.45, 7) is 4.01. The van der Waals surface area contributed by atoms with Crippen molar-refractivity contribution in [2.24, 2.45) is 0 Å². The van der Waals surface area contributed by atoms with Crippen LogP contribution in [-0.2, 0) is 4.79 Å². The van der Waals surface area contributed by atoms with Crippen molar-refractivity contribution >= 4 is 23.3 Å². The molecule has 1 N–H and O–H groups in total. The number of para-hydroxylation sites is 2.